The zero-order chi connectivity index (χ0) is 20.9. The molecule has 0 radical (unpaired) electrons. The highest BCUT2D eigenvalue weighted by Gasteiger charge is 2.35. The van der Waals surface area contributed by atoms with Crippen LogP contribution in [0, 0.1) is 0 Å². The number of amides is 2. The molecule has 7 nitrogen and oxygen atoms in total. The van der Waals surface area contributed by atoms with Crippen molar-refractivity contribution in [2.24, 2.45) is 0 Å². The summed E-state index contributed by atoms with van der Waals surface area (Å²) in [4.78, 5) is 32.4. The SMILES string of the molecule is CN1CCN(CCCNC(=O)C2Cc3ccccc3CN2C(=O)c2ccco2)CC1. The van der Waals surface area contributed by atoms with Crippen LogP contribution in [0.1, 0.15) is 28.1 Å². The number of likely N-dealkylation sites (N-methyl/N-ethyl adjacent to an activating group) is 1. The van der Waals surface area contributed by atoms with Gasteiger partial charge in [0.15, 0.2) is 5.76 Å². The van der Waals surface area contributed by atoms with Crippen LogP contribution < -0.4 is 5.32 Å². The maximum Gasteiger partial charge on any atom is 0.290 e. The van der Waals surface area contributed by atoms with E-state index >= 15 is 0 Å². The van der Waals surface area contributed by atoms with Crippen LogP contribution >= 0.6 is 0 Å². The predicted molar refractivity (Wildman–Crippen MR) is 114 cm³/mol. The number of fused-ring (bicyclic) bond motifs is 1. The Morgan fingerprint density at radius 2 is 1.83 bits per heavy atom. The number of nitrogens with zero attached hydrogens (tertiary/aromatic N) is 3. The van der Waals surface area contributed by atoms with E-state index < -0.39 is 6.04 Å². The standard InChI is InChI=1S/C23H30N4O3/c1-25-11-13-26(14-12-25)10-5-9-24-22(28)20-16-18-6-2-3-7-19(18)17-27(20)23(29)21-8-4-15-30-21/h2-4,6-8,15,20H,5,9-14,16-17H2,1H3,(H,24,28). The molecule has 1 atom stereocenters. The zero-order valence-electron chi connectivity index (χ0n) is 17.5. The molecule has 2 amide bonds. The lowest BCUT2D eigenvalue weighted by Crippen LogP contribution is -2.52. The highest BCUT2D eigenvalue weighted by Crippen LogP contribution is 2.25. The van der Waals surface area contributed by atoms with Crippen molar-refractivity contribution >= 4 is 11.8 Å². The second kappa shape index (κ2) is 9.45. The van der Waals surface area contributed by atoms with E-state index in [0.29, 0.717) is 19.5 Å². The van der Waals surface area contributed by atoms with E-state index in [4.69, 9.17) is 4.42 Å². The zero-order valence-corrected chi connectivity index (χ0v) is 17.5. The van der Waals surface area contributed by atoms with Gasteiger partial charge in [0.2, 0.25) is 5.91 Å². The third kappa shape index (κ3) is 4.74. The van der Waals surface area contributed by atoms with Crippen molar-refractivity contribution in [3.8, 4) is 0 Å². The minimum absolute atomic E-state index is 0.0946. The lowest BCUT2D eigenvalue weighted by Gasteiger charge is -2.35. The third-order valence-electron chi connectivity index (χ3n) is 6.09. The molecular formula is C23H30N4O3. The molecule has 1 fully saturated rings. The molecule has 2 aliphatic rings. The number of nitrogens with one attached hydrogen (secondary N) is 1. The maximum absolute atomic E-state index is 13.0. The minimum Gasteiger partial charge on any atom is -0.459 e. The van der Waals surface area contributed by atoms with Crippen LogP contribution in [0.3, 0.4) is 0 Å². The van der Waals surface area contributed by atoms with Crippen molar-refractivity contribution < 1.29 is 14.0 Å². The average molecular weight is 411 g/mol. The van der Waals surface area contributed by atoms with Gasteiger partial charge in [0.25, 0.3) is 5.91 Å². The first kappa shape index (κ1) is 20.6. The fourth-order valence-corrected chi connectivity index (χ4v) is 4.22. The second-order valence-corrected chi connectivity index (χ2v) is 8.19. The van der Waals surface area contributed by atoms with Gasteiger partial charge in [-0.25, -0.2) is 0 Å². The lowest BCUT2D eigenvalue weighted by atomic mass is 9.93. The molecule has 3 heterocycles. The van der Waals surface area contributed by atoms with E-state index in [2.05, 4.69) is 22.2 Å². The maximum atomic E-state index is 13.0. The minimum atomic E-state index is -0.527. The molecule has 0 aliphatic carbocycles. The lowest BCUT2D eigenvalue weighted by molar-refractivity contribution is -0.126. The first-order chi connectivity index (χ1) is 14.6. The molecule has 0 bridgehead atoms. The number of carbonyl (C=O) groups is 2. The molecule has 1 saturated heterocycles. The molecule has 1 unspecified atom stereocenters. The predicted octanol–water partition coefficient (Wildman–Crippen LogP) is 1.60. The van der Waals surface area contributed by atoms with Crippen molar-refractivity contribution in [1.29, 1.82) is 0 Å². The average Bonchev–Trinajstić information content (AvgIpc) is 3.31. The van der Waals surface area contributed by atoms with Crippen LogP contribution in [-0.4, -0.2) is 78.9 Å². The fraction of sp³-hybridized carbons (Fsp3) is 0.478. The van der Waals surface area contributed by atoms with E-state index in [1.165, 1.54) is 6.26 Å². The summed E-state index contributed by atoms with van der Waals surface area (Å²) in [7, 11) is 2.15. The molecule has 2 aromatic rings. The molecule has 2 aliphatic heterocycles. The van der Waals surface area contributed by atoms with Gasteiger partial charge in [0.05, 0.1) is 6.26 Å². The van der Waals surface area contributed by atoms with Gasteiger partial charge in [-0.1, -0.05) is 24.3 Å². The molecule has 1 N–H and O–H groups in total. The number of carbonyl (C=O) groups excluding carboxylic acids is 2. The highest BCUT2D eigenvalue weighted by molar-refractivity contribution is 5.96. The first-order valence-electron chi connectivity index (χ1n) is 10.7. The van der Waals surface area contributed by atoms with Crippen molar-refractivity contribution in [3.63, 3.8) is 0 Å². The molecule has 160 valence electrons. The molecule has 0 spiro atoms. The van der Waals surface area contributed by atoms with Gasteiger partial charge in [-0.3, -0.25) is 9.59 Å². The summed E-state index contributed by atoms with van der Waals surface area (Å²) >= 11 is 0. The fourth-order valence-electron chi connectivity index (χ4n) is 4.22. The van der Waals surface area contributed by atoms with Crippen molar-refractivity contribution in [3.05, 3.63) is 59.5 Å². The summed E-state index contributed by atoms with van der Waals surface area (Å²) in [6.45, 7) is 6.36. The Kier molecular flexibility index (Phi) is 6.50. The van der Waals surface area contributed by atoms with Gasteiger partial charge in [0.1, 0.15) is 6.04 Å². The summed E-state index contributed by atoms with van der Waals surface area (Å²) in [6, 6.07) is 10.8. The topological polar surface area (TPSA) is 69.0 Å². The summed E-state index contributed by atoms with van der Waals surface area (Å²) < 4.78 is 5.31. The van der Waals surface area contributed by atoms with Crippen LogP contribution in [0.5, 0.6) is 0 Å². The molecule has 1 aromatic carbocycles. The Hall–Kier alpha value is -2.64. The molecule has 7 heteroatoms. The van der Waals surface area contributed by atoms with Gasteiger partial charge in [-0.05, 0) is 43.3 Å². The van der Waals surface area contributed by atoms with Crippen molar-refractivity contribution in [2.75, 3.05) is 46.3 Å². The number of benzene rings is 1. The summed E-state index contributed by atoms with van der Waals surface area (Å²) in [5, 5.41) is 3.06. The van der Waals surface area contributed by atoms with Crippen molar-refractivity contribution in [1.82, 2.24) is 20.0 Å². The number of furan rings is 1. The number of rotatable bonds is 6. The van der Waals surface area contributed by atoms with Crippen molar-refractivity contribution in [2.45, 2.75) is 25.4 Å². The van der Waals surface area contributed by atoms with E-state index in [1.54, 1.807) is 17.0 Å². The molecular weight excluding hydrogens is 380 g/mol. The van der Waals surface area contributed by atoms with Crippen LogP contribution in [0.15, 0.2) is 47.1 Å². The second-order valence-electron chi connectivity index (χ2n) is 8.19. The number of piperazine rings is 1. The van der Waals surface area contributed by atoms with E-state index in [-0.39, 0.29) is 17.6 Å². The Morgan fingerprint density at radius 3 is 2.57 bits per heavy atom. The van der Waals surface area contributed by atoms with Gasteiger partial charge < -0.3 is 24.4 Å². The number of hydrogen-bond donors (Lipinski definition) is 1. The van der Waals surface area contributed by atoms with E-state index in [1.807, 2.05) is 24.3 Å². The van der Waals surface area contributed by atoms with Gasteiger partial charge in [-0.15, -0.1) is 0 Å². The third-order valence-corrected chi connectivity index (χ3v) is 6.09. The Bertz CT molecular complexity index is 859. The van der Waals surface area contributed by atoms with Crippen LogP contribution in [0.2, 0.25) is 0 Å². The quantitative estimate of drug-likeness (QED) is 0.733. The van der Waals surface area contributed by atoms with Gasteiger partial charge >= 0.3 is 0 Å². The molecule has 4 rings (SSSR count). The summed E-state index contributed by atoms with van der Waals surface area (Å²) in [5.74, 6) is -0.0721. The highest BCUT2D eigenvalue weighted by atomic mass is 16.3. The van der Waals surface area contributed by atoms with E-state index in [9.17, 15) is 9.59 Å². The van der Waals surface area contributed by atoms with Crippen LogP contribution in [0.4, 0.5) is 0 Å². The molecule has 30 heavy (non-hydrogen) atoms. The Balaban J connectivity index is 1.37. The molecule has 0 saturated carbocycles. The summed E-state index contributed by atoms with van der Waals surface area (Å²) in [6.07, 6.45) is 2.91. The molecule has 1 aromatic heterocycles. The Labute approximate surface area is 177 Å². The van der Waals surface area contributed by atoms with E-state index in [0.717, 1.165) is 50.3 Å². The van der Waals surface area contributed by atoms with Crippen LogP contribution in [0.25, 0.3) is 0 Å². The first-order valence-corrected chi connectivity index (χ1v) is 10.7. The monoisotopic (exact) mass is 410 g/mol. The normalized spacial score (nSPS) is 20.0. The van der Waals surface area contributed by atoms with Gasteiger partial charge in [0, 0.05) is 45.7 Å². The largest absolute Gasteiger partial charge is 0.459 e. The summed E-state index contributed by atoms with van der Waals surface area (Å²) in [5.41, 5.74) is 2.20. The van der Waals surface area contributed by atoms with Gasteiger partial charge in [-0.2, -0.15) is 0 Å². The number of hydrogen-bond acceptors (Lipinski definition) is 5. The van der Waals surface area contributed by atoms with Crippen LogP contribution in [-0.2, 0) is 17.8 Å². The Morgan fingerprint density at radius 1 is 1.07 bits per heavy atom. The smallest absolute Gasteiger partial charge is 0.290 e.